The zero-order chi connectivity index (χ0) is 26.1. The van der Waals surface area contributed by atoms with Gasteiger partial charge in [-0.05, 0) is 50.7 Å². The van der Waals surface area contributed by atoms with Crippen LogP contribution in [0.2, 0.25) is 0 Å². The lowest BCUT2D eigenvalue weighted by atomic mass is 9.92. The van der Waals surface area contributed by atoms with Crippen molar-refractivity contribution in [3.05, 3.63) is 72.3 Å². The summed E-state index contributed by atoms with van der Waals surface area (Å²) in [5.41, 5.74) is 7.63. The molecule has 4 atom stereocenters. The number of benzene rings is 4. The van der Waals surface area contributed by atoms with Gasteiger partial charge in [0, 0.05) is 5.56 Å². The Morgan fingerprint density at radius 3 is 2.37 bits per heavy atom. The highest BCUT2D eigenvalue weighted by Gasteiger charge is 2.46. The summed E-state index contributed by atoms with van der Waals surface area (Å²) in [6.07, 6.45) is -1.24. The van der Waals surface area contributed by atoms with Crippen LogP contribution in [0.3, 0.4) is 0 Å². The van der Waals surface area contributed by atoms with Gasteiger partial charge in [-0.15, -0.1) is 0 Å². The molecule has 9 nitrogen and oxygen atoms in total. The number of rotatable bonds is 2. The van der Waals surface area contributed by atoms with E-state index in [1.165, 1.54) is 22.5 Å². The summed E-state index contributed by atoms with van der Waals surface area (Å²) in [6.45, 7) is 0. The van der Waals surface area contributed by atoms with Crippen LogP contribution in [0, 0.1) is 17.8 Å². The molecule has 0 saturated heterocycles. The zero-order valence-corrected chi connectivity index (χ0v) is 19.9. The summed E-state index contributed by atoms with van der Waals surface area (Å²) in [4.78, 5) is 24.6. The van der Waals surface area contributed by atoms with Gasteiger partial charge in [-0.25, -0.2) is 15.0 Å². The molecular formula is C29H21N5O4. The Labute approximate surface area is 215 Å². The number of aromatic nitrogens is 4. The number of hydrogen-bond acceptors (Lipinski definition) is 7. The van der Waals surface area contributed by atoms with Crippen molar-refractivity contribution in [3.63, 3.8) is 0 Å². The highest BCUT2D eigenvalue weighted by atomic mass is 16.4. The molecule has 2 heterocycles. The molecule has 5 N–H and O–H groups in total. The van der Waals surface area contributed by atoms with Gasteiger partial charge in [0.2, 0.25) is 5.82 Å². The lowest BCUT2D eigenvalue weighted by molar-refractivity contribution is -0.145. The third kappa shape index (κ3) is 3.21. The number of aliphatic hydroxyl groups excluding tert-OH is 2. The Balaban J connectivity index is 1.33. The lowest BCUT2D eigenvalue weighted by Crippen LogP contribution is -2.32. The summed E-state index contributed by atoms with van der Waals surface area (Å²) in [7, 11) is 0. The average Bonchev–Trinajstić information content (AvgIpc) is 3.47. The zero-order valence-electron chi connectivity index (χ0n) is 19.9. The van der Waals surface area contributed by atoms with Gasteiger partial charge in [-0.2, -0.15) is 0 Å². The van der Waals surface area contributed by atoms with E-state index in [-0.39, 0.29) is 18.1 Å². The number of hydrogen-bond donors (Lipinski definition) is 4. The molecule has 4 aromatic carbocycles. The predicted octanol–water partition coefficient (Wildman–Crippen LogP) is 3.07. The SMILES string of the molecule is Nc1nc(C#Cc2ccc3ccc4cccc5ccc2c3c45)nc2c1ncn2[C@@H]1C[C@H](C(=O)O)[C@@H](O)[C@H]1O. The first-order valence-corrected chi connectivity index (χ1v) is 12.2. The monoisotopic (exact) mass is 503 g/mol. The minimum atomic E-state index is -1.40. The lowest BCUT2D eigenvalue weighted by Gasteiger charge is -2.18. The minimum Gasteiger partial charge on any atom is -0.481 e. The molecule has 1 aliphatic rings. The first kappa shape index (κ1) is 22.4. The summed E-state index contributed by atoms with van der Waals surface area (Å²) >= 11 is 0. The van der Waals surface area contributed by atoms with Crippen molar-refractivity contribution in [2.75, 3.05) is 5.73 Å². The van der Waals surface area contributed by atoms with Crippen LogP contribution in [0.15, 0.2) is 60.9 Å². The first-order chi connectivity index (χ1) is 18.4. The second kappa shape index (κ2) is 8.11. The molecule has 0 aliphatic heterocycles. The third-order valence-corrected chi connectivity index (χ3v) is 7.61. The van der Waals surface area contributed by atoms with Crippen LogP contribution in [0.25, 0.3) is 43.5 Å². The van der Waals surface area contributed by atoms with Crippen LogP contribution >= 0.6 is 0 Å². The van der Waals surface area contributed by atoms with Gasteiger partial charge in [0.25, 0.3) is 0 Å². The van der Waals surface area contributed by atoms with Crippen molar-refractivity contribution in [1.82, 2.24) is 19.5 Å². The minimum absolute atomic E-state index is 0.0246. The number of nitrogen functional groups attached to an aromatic ring is 1. The molecule has 2 aromatic heterocycles. The maximum Gasteiger partial charge on any atom is 0.309 e. The number of carboxylic acids is 1. The van der Waals surface area contributed by atoms with E-state index < -0.39 is 30.1 Å². The number of anilines is 1. The summed E-state index contributed by atoms with van der Waals surface area (Å²) < 4.78 is 1.55. The van der Waals surface area contributed by atoms with Crippen molar-refractivity contribution in [2.45, 2.75) is 24.7 Å². The predicted molar refractivity (Wildman–Crippen MR) is 143 cm³/mol. The van der Waals surface area contributed by atoms with Crippen LogP contribution < -0.4 is 5.73 Å². The Bertz CT molecular complexity index is 1960. The number of fused-ring (bicyclic) bond motifs is 1. The number of aliphatic hydroxyl groups is 2. The molecule has 0 unspecified atom stereocenters. The second-order valence-electron chi connectivity index (χ2n) is 9.70. The van der Waals surface area contributed by atoms with Crippen molar-refractivity contribution in [3.8, 4) is 11.8 Å². The Hall–Kier alpha value is -4.78. The maximum absolute atomic E-state index is 11.5. The first-order valence-electron chi connectivity index (χ1n) is 12.2. The number of imidazole rings is 1. The van der Waals surface area contributed by atoms with Gasteiger partial charge in [0.1, 0.15) is 11.6 Å². The standard InChI is InChI=1S/C29H21N5O4/c30-27-24-28(34(13-31-24)20-12-19(29(37)38)25(35)26(20)36)33-21(32-27)11-9-14-4-5-17-7-6-15-2-1-3-16-8-10-18(14)23(17)22(15)16/h1-8,10,13,19-20,25-26,35-36H,12H2,(H,37,38)(H2,30,32,33)/t19-,20+,25+,26-/m0/s1. The van der Waals surface area contributed by atoms with E-state index in [1.54, 1.807) is 4.57 Å². The molecule has 1 fully saturated rings. The topological polar surface area (TPSA) is 147 Å². The molecule has 0 amide bonds. The molecule has 6 aromatic rings. The van der Waals surface area contributed by atoms with E-state index in [0.29, 0.717) is 11.2 Å². The van der Waals surface area contributed by atoms with Crippen LogP contribution in [-0.4, -0.2) is 53.0 Å². The van der Waals surface area contributed by atoms with Gasteiger partial charge in [-0.1, -0.05) is 54.5 Å². The second-order valence-corrected chi connectivity index (χ2v) is 9.70. The van der Waals surface area contributed by atoms with Crippen molar-refractivity contribution < 1.29 is 20.1 Å². The van der Waals surface area contributed by atoms with Crippen molar-refractivity contribution in [1.29, 1.82) is 0 Å². The number of carboxylic acid groups (broad SMARTS) is 1. The molecule has 7 rings (SSSR count). The Kier molecular flexibility index (Phi) is 4.79. The largest absolute Gasteiger partial charge is 0.481 e. The smallest absolute Gasteiger partial charge is 0.309 e. The van der Waals surface area contributed by atoms with Crippen LogP contribution in [0.1, 0.15) is 23.9 Å². The van der Waals surface area contributed by atoms with Gasteiger partial charge >= 0.3 is 5.97 Å². The van der Waals surface area contributed by atoms with E-state index >= 15 is 0 Å². The van der Waals surface area contributed by atoms with E-state index in [4.69, 9.17) is 5.73 Å². The molecule has 38 heavy (non-hydrogen) atoms. The van der Waals surface area contributed by atoms with Gasteiger partial charge in [0.15, 0.2) is 11.5 Å². The molecule has 1 aliphatic carbocycles. The maximum atomic E-state index is 11.5. The van der Waals surface area contributed by atoms with Gasteiger partial charge in [-0.3, -0.25) is 4.79 Å². The Morgan fingerprint density at radius 2 is 1.63 bits per heavy atom. The van der Waals surface area contributed by atoms with Crippen LogP contribution in [0.4, 0.5) is 5.82 Å². The van der Waals surface area contributed by atoms with E-state index in [2.05, 4.69) is 75.3 Å². The molecular weight excluding hydrogens is 482 g/mol. The van der Waals surface area contributed by atoms with Crippen LogP contribution in [-0.2, 0) is 4.79 Å². The molecule has 9 heteroatoms. The van der Waals surface area contributed by atoms with Crippen molar-refractivity contribution >= 4 is 55.3 Å². The molecule has 186 valence electrons. The highest BCUT2D eigenvalue weighted by molar-refractivity contribution is 6.23. The highest BCUT2D eigenvalue weighted by Crippen LogP contribution is 2.38. The van der Waals surface area contributed by atoms with E-state index in [9.17, 15) is 20.1 Å². The number of aliphatic carboxylic acids is 1. The van der Waals surface area contributed by atoms with E-state index in [0.717, 1.165) is 21.7 Å². The fourth-order valence-electron chi connectivity index (χ4n) is 5.73. The van der Waals surface area contributed by atoms with Gasteiger partial charge in [0.05, 0.1) is 24.4 Å². The molecule has 0 spiro atoms. The number of nitrogens with two attached hydrogens (primary N) is 1. The number of carbonyl (C=O) groups is 1. The Morgan fingerprint density at radius 1 is 0.921 bits per heavy atom. The quantitative estimate of drug-likeness (QED) is 0.208. The fraction of sp³-hybridized carbons (Fsp3) is 0.172. The third-order valence-electron chi connectivity index (χ3n) is 7.61. The van der Waals surface area contributed by atoms with Gasteiger partial charge < -0.3 is 25.6 Å². The number of nitrogens with zero attached hydrogens (tertiary/aromatic N) is 4. The fourth-order valence-corrected chi connectivity index (χ4v) is 5.73. The van der Waals surface area contributed by atoms with E-state index in [1.807, 2.05) is 6.07 Å². The normalized spacial score (nSPS) is 21.4. The summed E-state index contributed by atoms with van der Waals surface area (Å²) in [5.74, 6) is 4.25. The molecule has 0 radical (unpaired) electrons. The van der Waals surface area contributed by atoms with Crippen molar-refractivity contribution in [2.24, 2.45) is 5.92 Å². The summed E-state index contributed by atoms with van der Waals surface area (Å²) in [5, 5.41) is 37.1. The molecule has 1 saturated carbocycles. The average molecular weight is 504 g/mol. The van der Waals surface area contributed by atoms with Crippen LogP contribution in [0.5, 0.6) is 0 Å². The summed E-state index contributed by atoms with van der Waals surface area (Å²) in [6, 6.07) is 18.0. The molecule has 0 bridgehead atoms.